The molecule has 5 heteroatoms. The fourth-order valence-corrected chi connectivity index (χ4v) is 1.04. The van der Waals surface area contributed by atoms with E-state index in [1.807, 2.05) is 6.92 Å². The minimum Gasteiger partial charge on any atom is -0.367 e. The first kappa shape index (κ1) is 11.7. The van der Waals surface area contributed by atoms with Crippen LogP contribution >= 0.6 is 0 Å². The highest BCUT2D eigenvalue weighted by atomic mass is 15.3. The van der Waals surface area contributed by atoms with Gasteiger partial charge in [0.2, 0.25) is 5.95 Å². The zero-order valence-electron chi connectivity index (χ0n) is 9.70. The number of nitrogens with one attached hydrogen (secondary N) is 2. The molecule has 1 aromatic heterocycles. The molecule has 0 spiro atoms. The number of nitrogens with zero attached hydrogens (tertiary/aromatic N) is 2. The maximum absolute atomic E-state index is 5.26. The van der Waals surface area contributed by atoms with Crippen molar-refractivity contribution in [1.82, 2.24) is 9.97 Å². The Hall–Kier alpha value is -1.36. The summed E-state index contributed by atoms with van der Waals surface area (Å²) < 4.78 is 0. The summed E-state index contributed by atoms with van der Waals surface area (Å²) in [6.45, 7) is 8.42. The summed E-state index contributed by atoms with van der Waals surface area (Å²) >= 11 is 0. The lowest BCUT2D eigenvalue weighted by Gasteiger charge is -2.19. The Balaban J connectivity index is 2.83. The second-order valence-electron chi connectivity index (χ2n) is 4.05. The van der Waals surface area contributed by atoms with Crippen molar-refractivity contribution in [3.05, 3.63) is 11.8 Å². The molecule has 0 amide bonds. The van der Waals surface area contributed by atoms with Gasteiger partial charge in [-0.2, -0.15) is 4.98 Å². The predicted octanol–water partition coefficient (Wildman–Crippen LogP) is 1.53. The average molecular weight is 209 g/mol. The SMILES string of the molecule is Cc1cnc(NN)nc1NC(C)C(C)C. The standard InChI is InChI=1S/C10H19N5/c1-6(2)8(4)13-9-7(3)5-12-10(14-9)15-11/h5-6,8H,11H2,1-4H3,(H2,12,13,14,15). The minimum atomic E-state index is 0.365. The summed E-state index contributed by atoms with van der Waals surface area (Å²) in [7, 11) is 0. The molecule has 15 heavy (non-hydrogen) atoms. The molecule has 0 aliphatic carbocycles. The first-order chi connectivity index (χ1) is 7.04. The Morgan fingerprint density at radius 1 is 1.33 bits per heavy atom. The Labute approximate surface area is 90.5 Å². The highest BCUT2D eigenvalue weighted by molar-refractivity contribution is 5.46. The van der Waals surface area contributed by atoms with Gasteiger partial charge in [0.25, 0.3) is 0 Å². The third-order valence-electron chi connectivity index (χ3n) is 2.47. The zero-order valence-corrected chi connectivity index (χ0v) is 9.70. The Morgan fingerprint density at radius 2 is 2.00 bits per heavy atom. The first-order valence-corrected chi connectivity index (χ1v) is 5.11. The van der Waals surface area contributed by atoms with Gasteiger partial charge in [0, 0.05) is 17.8 Å². The van der Waals surface area contributed by atoms with E-state index in [4.69, 9.17) is 5.84 Å². The third-order valence-corrected chi connectivity index (χ3v) is 2.47. The number of aromatic nitrogens is 2. The molecule has 1 atom stereocenters. The number of hydrogen-bond donors (Lipinski definition) is 3. The molecule has 1 heterocycles. The van der Waals surface area contributed by atoms with Crippen LogP contribution in [0.25, 0.3) is 0 Å². The topological polar surface area (TPSA) is 75.9 Å². The molecule has 1 aromatic rings. The van der Waals surface area contributed by atoms with Crippen molar-refractivity contribution < 1.29 is 0 Å². The minimum absolute atomic E-state index is 0.365. The lowest BCUT2D eigenvalue weighted by atomic mass is 10.1. The summed E-state index contributed by atoms with van der Waals surface area (Å²) in [6.07, 6.45) is 1.75. The maximum atomic E-state index is 5.26. The molecule has 4 N–H and O–H groups in total. The van der Waals surface area contributed by atoms with Crippen LogP contribution in [0.5, 0.6) is 0 Å². The fourth-order valence-electron chi connectivity index (χ4n) is 1.04. The van der Waals surface area contributed by atoms with E-state index in [1.54, 1.807) is 6.20 Å². The van der Waals surface area contributed by atoms with E-state index in [-0.39, 0.29) is 0 Å². The van der Waals surface area contributed by atoms with E-state index in [0.717, 1.165) is 11.4 Å². The van der Waals surface area contributed by atoms with Gasteiger partial charge in [0.15, 0.2) is 0 Å². The van der Waals surface area contributed by atoms with Crippen molar-refractivity contribution in [2.24, 2.45) is 11.8 Å². The molecule has 5 nitrogen and oxygen atoms in total. The number of hydrazine groups is 1. The molecule has 84 valence electrons. The van der Waals surface area contributed by atoms with Crippen molar-refractivity contribution in [3.8, 4) is 0 Å². The van der Waals surface area contributed by atoms with Crippen molar-refractivity contribution in [1.29, 1.82) is 0 Å². The van der Waals surface area contributed by atoms with Gasteiger partial charge in [0.05, 0.1) is 0 Å². The van der Waals surface area contributed by atoms with Crippen LogP contribution in [0.2, 0.25) is 0 Å². The number of aryl methyl sites for hydroxylation is 1. The molecule has 0 bridgehead atoms. The van der Waals surface area contributed by atoms with Crippen LogP contribution in [0.15, 0.2) is 6.20 Å². The van der Waals surface area contributed by atoms with Gasteiger partial charge in [-0.15, -0.1) is 0 Å². The van der Waals surface area contributed by atoms with E-state index in [0.29, 0.717) is 17.9 Å². The van der Waals surface area contributed by atoms with Crippen LogP contribution in [0.1, 0.15) is 26.3 Å². The molecule has 0 fully saturated rings. The predicted molar refractivity (Wildman–Crippen MR) is 62.5 cm³/mol. The smallest absolute Gasteiger partial charge is 0.239 e. The number of nitrogen functional groups attached to an aromatic ring is 1. The Kier molecular flexibility index (Phi) is 3.85. The summed E-state index contributed by atoms with van der Waals surface area (Å²) in [4.78, 5) is 8.28. The van der Waals surface area contributed by atoms with E-state index >= 15 is 0 Å². The monoisotopic (exact) mass is 209 g/mol. The van der Waals surface area contributed by atoms with Crippen LogP contribution in [0.4, 0.5) is 11.8 Å². The lowest BCUT2D eigenvalue weighted by molar-refractivity contribution is 0.558. The highest BCUT2D eigenvalue weighted by Crippen LogP contribution is 2.15. The Morgan fingerprint density at radius 3 is 2.53 bits per heavy atom. The third kappa shape index (κ3) is 3.06. The quantitative estimate of drug-likeness (QED) is 0.518. The van der Waals surface area contributed by atoms with Gasteiger partial charge in [-0.05, 0) is 19.8 Å². The lowest BCUT2D eigenvalue weighted by Crippen LogP contribution is -2.23. The number of nitrogens with two attached hydrogens (primary N) is 1. The van der Waals surface area contributed by atoms with Crippen LogP contribution < -0.4 is 16.6 Å². The molecule has 0 aliphatic heterocycles. The molecule has 0 saturated carbocycles. The second-order valence-corrected chi connectivity index (χ2v) is 4.05. The molecule has 0 aromatic carbocycles. The average Bonchev–Trinajstić information content (AvgIpc) is 2.21. The number of rotatable bonds is 4. The van der Waals surface area contributed by atoms with Crippen molar-refractivity contribution in [2.45, 2.75) is 33.7 Å². The normalized spacial score (nSPS) is 12.7. The largest absolute Gasteiger partial charge is 0.367 e. The molecular formula is C10H19N5. The molecule has 1 unspecified atom stereocenters. The van der Waals surface area contributed by atoms with Gasteiger partial charge in [-0.25, -0.2) is 10.8 Å². The van der Waals surface area contributed by atoms with Crippen molar-refractivity contribution >= 4 is 11.8 Å². The molecule has 0 radical (unpaired) electrons. The highest BCUT2D eigenvalue weighted by Gasteiger charge is 2.09. The molecule has 0 aliphatic rings. The van der Waals surface area contributed by atoms with Gasteiger partial charge in [0.1, 0.15) is 5.82 Å². The van der Waals surface area contributed by atoms with E-state index in [1.165, 1.54) is 0 Å². The summed E-state index contributed by atoms with van der Waals surface area (Å²) in [6, 6.07) is 0.365. The van der Waals surface area contributed by atoms with Crippen molar-refractivity contribution in [3.63, 3.8) is 0 Å². The fraction of sp³-hybridized carbons (Fsp3) is 0.600. The van der Waals surface area contributed by atoms with Crippen LogP contribution in [-0.2, 0) is 0 Å². The first-order valence-electron chi connectivity index (χ1n) is 5.11. The second kappa shape index (κ2) is 4.93. The van der Waals surface area contributed by atoms with Crippen LogP contribution in [0, 0.1) is 12.8 Å². The maximum Gasteiger partial charge on any atom is 0.239 e. The number of anilines is 2. The Bertz CT molecular complexity index is 324. The summed E-state index contributed by atoms with van der Waals surface area (Å²) in [5, 5.41) is 3.34. The number of hydrogen-bond acceptors (Lipinski definition) is 5. The van der Waals surface area contributed by atoms with Gasteiger partial charge < -0.3 is 5.32 Å². The van der Waals surface area contributed by atoms with Gasteiger partial charge in [-0.3, -0.25) is 5.43 Å². The van der Waals surface area contributed by atoms with Crippen LogP contribution in [0.3, 0.4) is 0 Å². The molecule has 0 saturated heterocycles. The van der Waals surface area contributed by atoms with E-state index < -0.39 is 0 Å². The van der Waals surface area contributed by atoms with Gasteiger partial charge in [-0.1, -0.05) is 13.8 Å². The summed E-state index contributed by atoms with van der Waals surface area (Å²) in [5.41, 5.74) is 3.45. The van der Waals surface area contributed by atoms with E-state index in [9.17, 15) is 0 Å². The molecule has 1 rings (SSSR count). The van der Waals surface area contributed by atoms with E-state index in [2.05, 4.69) is 41.5 Å². The zero-order chi connectivity index (χ0) is 11.4. The van der Waals surface area contributed by atoms with Crippen LogP contribution in [-0.4, -0.2) is 16.0 Å². The molecular weight excluding hydrogens is 190 g/mol. The van der Waals surface area contributed by atoms with Crippen molar-refractivity contribution in [2.75, 3.05) is 10.7 Å². The van der Waals surface area contributed by atoms with Gasteiger partial charge >= 0.3 is 0 Å². The summed E-state index contributed by atoms with van der Waals surface area (Å²) in [5.74, 6) is 7.07.